The maximum Gasteiger partial charge on any atom is 0.0785 e. The summed E-state index contributed by atoms with van der Waals surface area (Å²) >= 11 is 0. The molecule has 72 valence electrons. The quantitative estimate of drug-likeness (QED) is 0.598. The van der Waals surface area contributed by atoms with Crippen LogP contribution in [-0.2, 0) is 0 Å². The maximum atomic E-state index is 9.09. The lowest BCUT2D eigenvalue weighted by atomic mass is 9.82. The molecule has 0 aliphatic heterocycles. The first kappa shape index (κ1) is 12.0. The van der Waals surface area contributed by atoms with Gasteiger partial charge in [-0.15, -0.1) is 0 Å². The van der Waals surface area contributed by atoms with Crippen molar-refractivity contribution in [3.8, 4) is 6.07 Å². The summed E-state index contributed by atoms with van der Waals surface area (Å²) in [7, 11) is 0. The van der Waals surface area contributed by atoms with Gasteiger partial charge in [-0.25, -0.2) is 0 Å². The number of rotatable bonds is 4. The minimum Gasteiger partial charge on any atom is -0.197 e. The topological polar surface area (TPSA) is 23.8 Å². The van der Waals surface area contributed by atoms with Gasteiger partial charge in [0.2, 0.25) is 0 Å². The Bertz CT molecular complexity index is 238. The Labute approximate surface area is 81.8 Å². The van der Waals surface area contributed by atoms with E-state index in [2.05, 4.69) is 32.9 Å². The zero-order chi connectivity index (χ0) is 10.3. The molecule has 1 atom stereocenters. The van der Waals surface area contributed by atoms with Crippen LogP contribution in [0.2, 0.25) is 0 Å². The number of hydrogen-bond donors (Lipinski definition) is 0. The number of hydrogen-bond acceptors (Lipinski definition) is 1. The molecule has 0 heterocycles. The normalized spacial score (nSPS) is 15.0. The molecule has 0 bridgehead atoms. The van der Waals surface area contributed by atoms with Gasteiger partial charge >= 0.3 is 0 Å². The first-order chi connectivity index (χ1) is 6.10. The molecule has 0 amide bonds. The van der Waals surface area contributed by atoms with Crippen LogP contribution in [-0.4, -0.2) is 0 Å². The van der Waals surface area contributed by atoms with Gasteiger partial charge in [0.25, 0.3) is 0 Å². The highest BCUT2D eigenvalue weighted by Crippen LogP contribution is 2.28. The van der Waals surface area contributed by atoms with Crippen molar-refractivity contribution in [1.82, 2.24) is 0 Å². The molecule has 0 radical (unpaired) electrons. The predicted molar refractivity (Wildman–Crippen MR) is 57.2 cm³/mol. The van der Waals surface area contributed by atoms with Crippen LogP contribution in [0.25, 0.3) is 0 Å². The van der Waals surface area contributed by atoms with Gasteiger partial charge in [-0.1, -0.05) is 30.7 Å². The van der Waals surface area contributed by atoms with Crippen molar-refractivity contribution in [3.63, 3.8) is 0 Å². The van der Waals surface area contributed by atoms with E-state index < -0.39 is 0 Å². The van der Waals surface area contributed by atoms with Crippen LogP contribution in [0.1, 0.15) is 40.5 Å². The molecule has 1 heteroatoms. The predicted octanol–water partition coefficient (Wildman–Crippen LogP) is 3.84. The second-order valence-electron chi connectivity index (χ2n) is 3.61. The summed E-state index contributed by atoms with van der Waals surface area (Å²) in [5.41, 5.74) is 0.990. The lowest BCUT2D eigenvalue weighted by Gasteiger charge is -2.18. The van der Waals surface area contributed by atoms with Gasteiger partial charge in [0.15, 0.2) is 0 Å². The molecular formula is C12H19N. The van der Waals surface area contributed by atoms with Gasteiger partial charge in [0.1, 0.15) is 0 Å². The molecule has 0 aromatic heterocycles. The summed E-state index contributed by atoms with van der Waals surface area (Å²) in [5.74, 6) is 0. The average Bonchev–Trinajstić information content (AvgIpc) is 2.12. The van der Waals surface area contributed by atoms with Gasteiger partial charge in [-0.3, -0.25) is 0 Å². The summed E-state index contributed by atoms with van der Waals surface area (Å²) < 4.78 is 0. The van der Waals surface area contributed by atoms with Crippen molar-refractivity contribution in [1.29, 1.82) is 5.26 Å². The minimum absolute atomic E-state index is 0.286. The molecular weight excluding hydrogens is 158 g/mol. The zero-order valence-electron chi connectivity index (χ0n) is 9.09. The van der Waals surface area contributed by atoms with Crippen LogP contribution in [0.5, 0.6) is 0 Å². The monoisotopic (exact) mass is 177 g/mol. The molecule has 0 aliphatic carbocycles. The van der Waals surface area contributed by atoms with Crippen LogP contribution in [0, 0.1) is 16.7 Å². The van der Waals surface area contributed by atoms with Gasteiger partial charge < -0.3 is 0 Å². The van der Waals surface area contributed by atoms with Crippen LogP contribution in [0.4, 0.5) is 0 Å². The van der Waals surface area contributed by atoms with Crippen LogP contribution >= 0.6 is 0 Å². The van der Waals surface area contributed by atoms with Gasteiger partial charge in [0, 0.05) is 0 Å². The molecule has 1 nitrogen and oxygen atoms in total. The molecule has 0 aromatic carbocycles. The van der Waals surface area contributed by atoms with Crippen molar-refractivity contribution in [2.24, 2.45) is 5.41 Å². The largest absolute Gasteiger partial charge is 0.197 e. The summed E-state index contributed by atoms with van der Waals surface area (Å²) in [6.45, 7) is 8.15. The van der Waals surface area contributed by atoms with Crippen LogP contribution in [0.3, 0.4) is 0 Å². The Morgan fingerprint density at radius 3 is 2.38 bits per heavy atom. The molecule has 0 rings (SSSR count). The Morgan fingerprint density at radius 2 is 2.08 bits per heavy atom. The van der Waals surface area contributed by atoms with E-state index in [-0.39, 0.29) is 5.41 Å². The first-order valence-electron chi connectivity index (χ1n) is 4.78. The highest BCUT2D eigenvalue weighted by atomic mass is 14.3. The van der Waals surface area contributed by atoms with E-state index in [1.54, 1.807) is 0 Å². The Balaban J connectivity index is 4.61. The third kappa shape index (κ3) is 3.94. The van der Waals surface area contributed by atoms with E-state index in [1.807, 2.05) is 19.1 Å². The van der Waals surface area contributed by atoms with Crippen molar-refractivity contribution in [3.05, 3.63) is 23.8 Å². The molecule has 0 N–H and O–H groups in total. The van der Waals surface area contributed by atoms with Crippen molar-refractivity contribution in [2.75, 3.05) is 0 Å². The minimum atomic E-state index is -0.286. The fraction of sp³-hybridized carbons (Fsp3) is 0.583. The lowest BCUT2D eigenvalue weighted by molar-refractivity contribution is 0.493. The Kier molecular flexibility index (Phi) is 5.14. The molecule has 0 saturated carbocycles. The van der Waals surface area contributed by atoms with Gasteiger partial charge in [-0.05, 0) is 33.6 Å². The number of allylic oxidation sites excluding steroid dienone is 4. The molecule has 0 spiro atoms. The molecule has 0 saturated heterocycles. The molecule has 0 aromatic rings. The number of nitriles is 1. The summed E-state index contributed by atoms with van der Waals surface area (Å²) in [6, 6.07) is 2.39. The van der Waals surface area contributed by atoms with E-state index in [1.165, 1.54) is 5.57 Å². The number of nitrogens with zero attached hydrogens (tertiary/aromatic N) is 1. The summed E-state index contributed by atoms with van der Waals surface area (Å²) in [6.07, 6.45) is 7.80. The highest BCUT2D eigenvalue weighted by Gasteiger charge is 2.22. The lowest BCUT2D eigenvalue weighted by Crippen LogP contribution is -2.12. The summed E-state index contributed by atoms with van der Waals surface area (Å²) in [5, 5.41) is 9.09. The van der Waals surface area contributed by atoms with Gasteiger partial charge in [0.05, 0.1) is 11.5 Å². The Morgan fingerprint density at radius 1 is 1.46 bits per heavy atom. The molecule has 0 fully saturated rings. The second-order valence-corrected chi connectivity index (χ2v) is 3.61. The molecule has 1 unspecified atom stereocenters. The van der Waals surface area contributed by atoms with Gasteiger partial charge in [-0.2, -0.15) is 5.26 Å². The van der Waals surface area contributed by atoms with Crippen LogP contribution in [0.15, 0.2) is 23.8 Å². The molecule has 13 heavy (non-hydrogen) atoms. The standard InChI is InChI=1S/C12H19N/c1-5-8-12(6-2,10-13)9-7-11(3)4/h5,7-8H,6,9H2,1-4H3/b8-5-. The van der Waals surface area contributed by atoms with Crippen molar-refractivity contribution in [2.45, 2.75) is 40.5 Å². The fourth-order valence-corrected chi connectivity index (χ4v) is 1.20. The molecule has 0 aliphatic rings. The third-order valence-electron chi connectivity index (χ3n) is 2.21. The van der Waals surface area contributed by atoms with E-state index in [4.69, 9.17) is 5.26 Å². The van der Waals surface area contributed by atoms with Crippen LogP contribution < -0.4 is 0 Å². The maximum absolute atomic E-state index is 9.09. The Hall–Kier alpha value is -1.03. The highest BCUT2D eigenvalue weighted by molar-refractivity contribution is 5.15. The van der Waals surface area contributed by atoms with Crippen molar-refractivity contribution >= 4 is 0 Å². The third-order valence-corrected chi connectivity index (χ3v) is 2.21. The first-order valence-corrected chi connectivity index (χ1v) is 4.78. The second kappa shape index (κ2) is 5.59. The SMILES string of the molecule is C/C=C\C(C#N)(CC)CC=C(C)C. The van der Waals surface area contributed by atoms with E-state index >= 15 is 0 Å². The smallest absolute Gasteiger partial charge is 0.0785 e. The average molecular weight is 177 g/mol. The zero-order valence-corrected chi connectivity index (χ0v) is 9.09. The summed E-state index contributed by atoms with van der Waals surface area (Å²) in [4.78, 5) is 0. The fourth-order valence-electron chi connectivity index (χ4n) is 1.20. The van der Waals surface area contributed by atoms with E-state index in [0.29, 0.717) is 0 Å². The van der Waals surface area contributed by atoms with Crippen molar-refractivity contribution < 1.29 is 0 Å². The van der Waals surface area contributed by atoms with E-state index in [0.717, 1.165) is 12.8 Å². The van der Waals surface area contributed by atoms with E-state index in [9.17, 15) is 0 Å².